The highest BCUT2D eigenvalue weighted by Gasteiger charge is 2.26. The van der Waals surface area contributed by atoms with Crippen molar-refractivity contribution >= 4 is 32.4 Å². The highest BCUT2D eigenvalue weighted by atomic mass is 32.2. The minimum absolute atomic E-state index is 0.159. The molecule has 0 aliphatic carbocycles. The Morgan fingerprint density at radius 2 is 1.85 bits per heavy atom. The van der Waals surface area contributed by atoms with E-state index < -0.39 is 15.4 Å². The number of aryl methyl sites for hydroxylation is 1. The van der Waals surface area contributed by atoms with Gasteiger partial charge in [-0.3, -0.25) is 4.79 Å². The second-order valence-electron chi connectivity index (χ2n) is 7.12. The van der Waals surface area contributed by atoms with Crippen molar-refractivity contribution in [2.75, 3.05) is 5.32 Å². The number of rotatable bonds is 7. The molecule has 0 spiro atoms. The van der Waals surface area contributed by atoms with Crippen molar-refractivity contribution < 1.29 is 13.2 Å². The molecule has 9 heteroatoms. The Morgan fingerprint density at radius 3 is 2.46 bits per heavy atom. The fourth-order valence-electron chi connectivity index (χ4n) is 2.06. The summed E-state index contributed by atoms with van der Waals surface area (Å²) in [5, 5.41) is 10.2. The molecule has 1 heterocycles. The summed E-state index contributed by atoms with van der Waals surface area (Å²) in [4.78, 5) is 12.0. The van der Waals surface area contributed by atoms with Crippen LogP contribution in [0.4, 0.5) is 5.13 Å². The number of nitrogens with zero attached hydrogens (tertiary/aromatic N) is 2. The van der Waals surface area contributed by atoms with E-state index in [0.29, 0.717) is 6.42 Å². The fourth-order valence-corrected chi connectivity index (χ4v) is 4.24. The predicted octanol–water partition coefficient (Wildman–Crippen LogP) is 2.82. The second-order valence-corrected chi connectivity index (χ2v) is 9.99. The lowest BCUT2D eigenvalue weighted by atomic mass is 9.96. The van der Waals surface area contributed by atoms with Crippen molar-refractivity contribution in [2.45, 2.75) is 50.9 Å². The van der Waals surface area contributed by atoms with Crippen molar-refractivity contribution in [1.82, 2.24) is 14.9 Å². The van der Waals surface area contributed by atoms with E-state index in [2.05, 4.69) is 20.2 Å². The van der Waals surface area contributed by atoms with Crippen molar-refractivity contribution in [3.05, 3.63) is 35.9 Å². The molecule has 0 unspecified atom stereocenters. The van der Waals surface area contributed by atoms with Crippen molar-refractivity contribution in [1.29, 1.82) is 0 Å². The largest absolute Gasteiger partial charge is 0.300 e. The molecule has 1 aromatic carbocycles. The van der Waals surface area contributed by atoms with Gasteiger partial charge in [-0.05, 0) is 25.3 Å². The molecule has 0 saturated heterocycles. The number of amides is 1. The Kier molecular flexibility index (Phi) is 6.48. The number of carbonyl (C=O) groups excluding carboxylic acids is 1. The number of carbonyl (C=O) groups is 1. The summed E-state index contributed by atoms with van der Waals surface area (Å²) in [6, 6.07) is 9.63. The third kappa shape index (κ3) is 5.86. The zero-order chi connectivity index (χ0) is 19.4. The monoisotopic (exact) mass is 396 g/mol. The zero-order valence-electron chi connectivity index (χ0n) is 15.3. The van der Waals surface area contributed by atoms with Gasteiger partial charge in [-0.2, -0.15) is 0 Å². The van der Waals surface area contributed by atoms with Crippen LogP contribution in [0.3, 0.4) is 0 Å². The quantitative estimate of drug-likeness (QED) is 0.701. The molecule has 1 aromatic heterocycles. The molecular weight excluding hydrogens is 372 g/mol. The van der Waals surface area contributed by atoms with Gasteiger partial charge in [0.05, 0.1) is 0 Å². The molecule has 0 fully saturated rings. The summed E-state index contributed by atoms with van der Waals surface area (Å²) in [5.41, 5.74) is 0.552. The first-order valence-corrected chi connectivity index (χ1v) is 10.6. The topological polar surface area (TPSA) is 101 Å². The maximum Gasteiger partial charge on any atom is 0.270 e. The lowest BCUT2D eigenvalue weighted by molar-refractivity contribution is -0.123. The van der Waals surface area contributed by atoms with Crippen LogP contribution in [0.25, 0.3) is 0 Å². The van der Waals surface area contributed by atoms with Crippen LogP contribution in [0.15, 0.2) is 34.7 Å². The summed E-state index contributed by atoms with van der Waals surface area (Å²) >= 11 is 0.836. The molecule has 0 aliphatic heterocycles. The summed E-state index contributed by atoms with van der Waals surface area (Å²) < 4.78 is 27.3. The molecule has 1 atom stereocenters. The first kappa shape index (κ1) is 20.5. The van der Waals surface area contributed by atoms with Crippen LogP contribution in [-0.2, 0) is 21.2 Å². The standard InChI is InChI=1S/C17H24N4O3S2/c1-12(10-11-13-8-6-5-7-9-13)21-26(23,24)16-20-19-15(25-16)18-14(22)17(2,3)4/h5-9,12,21H,10-11H2,1-4H3,(H,18,19,22)/t12-/m1/s1. The molecule has 1 amide bonds. The zero-order valence-corrected chi connectivity index (χ0v) is 16.9. The van der Waals surface area contributed by atoms with Crippen molar-refractivity contribution in [2.24, 2.45) is 5.41 Å². The van der Waals surface area contributed by atoms with Gasteiger partial charge in [0.25, 0.3) is 10.0 Å². The number of aromatic nitrogens is 2. The summed E-state index contributed by atoms with van der Waals surface area (Å²) in [5.74, 6) is -0.248. The summed E-state index contributed by atoms with van der Waals surface area (Å²) in [6.45, 7) is 7.09. The van der Waals surface area contributed by atoms with Gasteiger partial charge >= 0.3 is 0 Å². The third-order valence-corrected chi connectivity index (χ3v) is 6.40. The van der Waals surface area contributed by atoms with Gasteiger partial charge in [0.1, 0.15) is 0 Å². The number of nitrogens with one attached hydrogen (secondary N) is 2. The lowest BCUT2D eigenvalue weighted by Gasteiger charge is -2.15. The van der Waals surface area contributed by atoms with E-state index in [1.54, 1.807) is 20.8 Å². The normalized spacial score (nSPS) is 13.4. The van der Waals surface area contributed by atoms with E-state index >= 15 is 0 Å². The molecule has 0 radical (unpaired) electrons. The summed E-state index contributed by atoms with van der Waals surface area (Å²) in [6.07, 6.45) is 1.43. The summed E-state index contributed by atoms with van der Waals surface area (Å²) in [7, 11) is -3.77. The number of hydrogen-bond donors (Lipinski definition) is 2. The Morgan fingerprint density at radius 1 is 1.19 bits per heavy atom. The Labute approximate surface area is 158 Å². The molecule has 7 nitrogen and oxygen atoms in total. The number of sulfonamides is 1. The Balaban J connectivity index is 1.96. The molecule has 0 aliphatic rings. The number of hydrogen-bond acceptors (Lipinski definition) is 6. The van der Waals surface area contributed by atoms with Crippen molar-refractivity contribution in [3.63, 3.8) is 0 Å². The molecule has 2 aromatic rings. The minimum Gasteiger partial charge on any atom is -0.300 e. The highest BCUT2D eigenvalue weighted by molar-refractivity contribution is 7.91. The Hall–Kier alpha value is -1.84. The third-order valence-electron chi connectivity index (χ3n) is 3.60. The minimum atomic E-state index is -3.77. The molecular formula is C17H24N4O3S2. The average molecular weight is 397 g/mol. The van der Waals surface area contributed by atoms with Crippen LogP contribution in [0.1, 0.15) is 39.7 Å². The first-order valence-electron chi connectivity index (χ1n) is 8.29. The van der Waals surface area contributed by atoms with E-state index in [9.17, 15) is 13.2 Å². The molecule has 0 saturated carbocycles. The van der Waals surface area contributed by atoms with Crippen LogP contribution < -0.4 is 10.0 Å². The second kappa shape index (κ2) is 8.24. The van der Waals surface area contributed by atoms with Gasteiger partial charge in [-0.25, -0.2) is 13.1 Å². The van der Waals surface area contributed by atoms with Crippen LogP contribution >= 0.6 is 11.3 Å². The number of anilines is 1. The van der Waals surface area contributed by atoms with Gasteiger partial charge in [0, 0.05) is 11.5 Å². The molecule has 0 bridgehead atoms. The van der Waals surface area contributed by atoms with Gasteiger partial charge in [0.15, 0.2) is 0 Å². The first-order chi connectivity index (χ1) is 12.1. The van der Waals surface area contributed by atoms with E-state index in [-0.39, 0.29) is 21.4 Å². The fraction of sp³-hybridized carbons (Fsp3) is 0.471. The van der Waals surface area contributed by atoms with Crippen LogP contribution in [-0.4, -0.2) is 30.6 Å². The predicted molar refractivity (Wildman–Crippen MR) is 103 cm³/mol. The molecule has 2 rings (SSSR count). The van der Waals surface area contributed by atoms with E-state index in [1.165, 1.54) is 0 Å². The number of benzene rings is 1. The lowest BCUT2D eigenvalue weighted by Crippen LogP contribution is -2.32. The molecule has 26 heavy (non-hydrogen) atoms. The van der Waals surface area contributed by atoms with Crippen LogP contribution in [0, 0.1) is 5.41 Å². The Bertz CT molecular complexity index is 842. The average Bonchev–Trinajstić information content (AvgIpc) is 3.02. The molecule has 142 valence electrons. The van der Waals surface area contributed by atoms with Gasteiger partial charge in [-0.1, -0.05) is 62.4 Å². The molecule has 2 N–H and O–H groups in total. The van der Waals surface area contributed by atoms with Gasteiger partial charge in [-0.15, -0.1) is 10.2 Å². The SMILES string of the molecule is C[C@H](CCc1ccccc1)NS(=O)(=O)c1nnc(NC(=O)C(C)(C)C)s1. The van der Waals surface area contributed by atoms with E-state index in [0.717, 1.165) is 23.3 Å². The van der Waals surface area contributed by atoms with E-state index in [4.69, 9.17) is 0 Å². The smallest absolute Gasteiger partial charge is 0.270 e. The van der Waals surface area contributed by atoms with Crippen LogP contribution in [0.2, 0.25) is 0 Å². The highest BCUT2D eigenvalue weighted by Crippen LogP contribution is 2.23. The maximum absolute atomic E-state index is 12.4. The van der Waals surface area contributed by atoms with E-state index in [1.807, 2.05) is 37.3 Å². The maximum atomic E-state index is 12.4. The van der Waals surface area contributed by atoms with Crippen LogP contribution in [0.5, 0.6) is 0 Å². The van der Waals surface area contributed by atoms with Gasteiger partial charge < -0.3 is 5.32 Å². The van der Waals surface area contributed by atoms with Crippen molar-refractivity contribution in [3.8, 4) is 0 Å². The van der Waals surface area contributed by atoms with Gasteiger partial charge in [0.2, 0.25) is 15.4 Å².